The molecule has 0 aromatic heterocycles. The van der Waals surface area contributed by atoms with Crippen molar-refractivity contribution in [1.29, 1.82) is 0 Å². The van der Waals surface area contributed by atoms with Crippen LogP contribution in [0, 0.1) is 10.2 Å². The van der Waals surface area contributed by atoms with E-state index < -0.39 is 10.2 Å². The van der Waals surface area contributed by atoms with E-state index in [1.165, 1.54) is 64.2 Å². The van der Waals surface area contributed by atoms with Crippen molar-refractivity contribution in [3.8, 4) is 0 Å². The molecular formula is C21H45ClN2O6. The fraction of sp³-hybridized carbons (Fsp3) is 0.952. The predicted molar refractivity (Wildman–Crippen MR) is 108 cm³/mol. The molecule has 9 heteroatoms. The maximum absolute atomic E-state index is 11.8. The fourth-order valence-electron chi connectivity index (χ4n) is 3.16. The van der Waals surface area contributed by atoms with Crippen molar-refractivity contribution < 1.29 is 43.3 Å². The highest BCUT2D eigenvalue weighted by Crippen LogP contribution is 2.11. The molecular weight excluding hydrogens is 412 g/mol. The molecule has 0 fully saturated rings. The monoisotopic (exact) mass is 456 g/mol. The molecule has 0 saturated heterocycles. The molecule has 0 heterocycles. The first-order chi connectivity index (χ1) is 14.0. The van der Waals surface area contributed by atoms with Gasteiger partial charge in [0.15, 0.2) is 0 Å². The van der Waals surface area contributed by atoms with Crippen LogP contribution in [0.15, 0.2) is 0 Å². The number of amides is 1. The van der Waals surface area contributed by atoms with Gasteiger partial charge in [0.1, 0.15) is 6.54 Å². The number of aliphatic hydroxyl groups is 1. The van der Waals surface area contributed by atoms with Crippen LogP contribution in [0.4, 0.5) is 0 Å². The Morgan fingerprint density at radius 3 is 1.67 bits per heavy atom. The number of hydrogen-bond donors (Lipinski definition) is 2. The first-order valence-electron chi connectivity index (χ1n) is 11.3. The molecule has 0 unspecified atom stereocenters. The first kappa shape index (κ1) is 31.7. The summed E-state index contributed by atoms with van der Waals surface area (Å²) >= 11 is 0. The molecule has 0 saturated carbocycles. The molecule has 0 aliphatic heterocycles. The van der Waals surface area contributed by atoms with Crippen LogP contribution in [0.5, 0.6) is 0 Å². The molecule has 0 aromatic carbocycles. The van der Waals surface area contributed by atoms with Gasteiger partial charge in [-0.2, -0.15) is 0 Å². The van der Waals surface area contributed by atoms with E-state index in [1.54, 1.807) is 0 Å². The summed E-state index contributed by atoms with van der Waals surface area (Å²) in [5, 5.41) is 12.0. The van der Waals surface area contributed by atoms with Gasteiger partial charge < -0.3 is 14.9 Å². The van der Waals surface area contributed by atoms with E-state index >= 15 is 0 Å². The third-order valence-electron chi connectivity index (χ3n) is 4.98. The second-order valence-corrected chi connectivity index (χ2v) is 9.23. The number of rotatable bonds is 18. The summed E-state index contributed by atoms with van der Waals surface area (Å²) in [7, 11) is -0.716. The quantitative estimate of drug-likeness (QED) is 0.210. The smallest absolute Gasteiger partial charge is 0.219 e. The van der Waals surface area contributed by atoms with Crippen molar-refractivity contribution in [3.63, 3.8) is 0 Å². The lowest BCUT2D eigenvalue weighted by molar-refractivity contribution is -2.00. The summed E-state index contributed by atoms with van der Waals surface area (Å²) in [6.07, 6.45) is 16.1. The summed E-state index contributed by atoms with van der Waals surface area (Å²) in [5.74, 6) is 0.198. The van der Waals surface area contributed by atoms with Crippen LogP contribution < -0.4 is 24.0 Å². The molecule has 0 rings (SSSR count). The van der Waals surface area contributed by atoms with E-state index in [1.807, 2.05) is 0 Å². The van der Waals surface area contributed by atoms with Crippen molar-refractivity contribution in [2.45, 2.75) is 90.4 Å². The van der Waals surface area contributed by atoms with Gasteiger partial charge in [-0.25, -0.2) is 18.6 Å². The van der Waals surface area contributed by atoms with Crippen LogP contribution >= 0.6 is 0 Å². The maximum Gasteiger partial charge on any atom is 0.219 e. The minimum absolute atomic E-state index is 0.198. The maximum atomic E-state index is 11.8. The van der Waals surface area contributed by atoms with Crippen LogP contribution in [-0.4, -0.2) is 55.8 Å². The van der Waals surface area contributed by atoms with Gasteiger partial charge in [0, 0.05) is 19.4 Å². The highest BCUT2D eigenvalue weighted by molar-refractivity contribution is 5.75. The average Bonchev–Trinajstić information content (AvgIpc) is 2.62. The van der Waals surface area contributed by atoms with E-state index in [4.69, 9.17) is 23.7 Å². The Balaban J connectivity index is 0. The molecule has 1 amide bonds. The number of likely N-dealkylation sites (N-methyl/N-ethyl adjacent to an activating group) is 1. The number of aliphatic hydroxyl groups excluding tert-OH is 1. The van der Waals surface area contributed by atoms with Gasteiger partial charge in [0.25, 0.3) is 0 Å². The Hall–Kier alpha value is -0.480. The number of carbonyl (C=O) groups excluding carboxylic acids is 1. The minimum atomic E-state index is -4.94. The van der Waals surface area contributed by atoms with E-state index in [-0.39, 0.29) is 12.5 Å². The number of halogens is 1. The second kappa shape index (κ2) is 20.4. The average molecular weight is 457 g/mol. The normalized spacial score (nSPS) is 11.7. The zero-order chi connectivity index (χ0) is 23.3. The number of unbranched alkanes of at least 4 members (excludes halogenated alkanes) is 10. The highest BCUT2D eigenvalue weighted by Gasteiger charge is 2.13. The Morgan fingerprint density at radius 2 is 1.23 bits per heavy atom. The molecule has 0 bridgehead atoms. The number of nitrogens with zero attached hydrogens (tertiary/aromatic N) is 1. The Kier molecular flexibility index (Phi) is 21.6. The molecule has 0 spiro atoms. The van der Waals surface area contributed by atoms with Crippen molar-refractivity contribution in [2.75, 3.05) is 40.3 Å². The first-order valence-corrected chi connectivity index (χ1v) is 12.6. The molecule has 182 valence electrons. The molecule has 30 heavy (non-hydrogen) atoms. The SMILES string of the molecule is CCCCCCCCCCCCCC(=O)NCCC[N+](C)(C)CCO.[O-][Cl+3]([O-])([O-])[O-]. The molecule has 0 atom stereocenters. The standard InChI is InChI=1S/C21H44N2O2.ClHO4/c1-4-5-6-7-8-9-10-11-12-13-14-16-21(25)22-17-15-18-23(2,3)19-20-24;2-1(3,4)5/h24H,4-20H2,1-3H3;(H,2,3,4,5). The van der Waals surface area contributed by atoms with E-state index in [0.717, 1.165) is 37.0 Å². The molecule has 0 aromatic rings. The van der Waals surface area contributed by atoms with Crippen LogP contribution in [0.2, 0.25) is 0 Å². The highest BCUT2D eigenvalue weighted by atomic mass is 35.7. The third-order valence-corrected chi connectivity index (χ3v) is 4.98. The molecule has 0 aliphatic carbocycles. The van der Waals surface area contributed by atoms with Crippen molar-refractivity contribution in [3.05, 3.63) is 0 Å². The zero-order valence-electron chi connectivity index (χ0n) is 19.3. The van der Waals surface area contributed by atoms with Crippen LogP contribution in [0.1, 0.15) is 90.4 Å². The number of nitrogens with one attached hydrogen (secondary N) is 1. The van der Waals surface area contributed by atoms with Gasteiger partial charge in [-0.3, -0.25) is 4.79 Å². The molecule has 0 radical (unpaired) electrons. The molecule has 8 nitrogen and oxygen atoms in total. The summed E-state index contributed by atoms with van der Waals surface area (Å²) in [6, 6.07) is 0. The molecule has 0 aliphatic rings. The Bertz CT molecular complexity index is 386. The van der Waals surface area contributed by atoms with E-state index in [9.17, 15) is 4.79 Å². The van der Waals surface area contributed by atoms with E-state index in [0.29, 0.717) is 6.42 Å². The second-order valence-electron chi connectivity index (χ2n) is 8.47. The van der Waals surface area contributed by atoms with Gasteiger partial charge >= 0.3 is 0 Å². The number of carbonyl (C=O) groups is 1. The lowest BCUT2D eigenvalue weighted by atomic mass is 10.1. The zero-order valence-corrected chi connectivity index (χ0v) is 20.1. The summed E-state index contributed by atoms with van der Waals surface area (Å²) < 4.78 is 34.8. The minimum Gasteiger partial charge on any atom is -0.391 e. The topological polar surface area (TPSA) is 142 Å². The van der Waals surface area contributed by atoms with Crippen LogP contribution in [0.25, 0.3) is 0 Å². The summed E-state index contributed by atoms with van der Waals surface area (Å²) in [4.78, 5) is 11.8. The van der Waals surface area contributed by atoms with Gasteiger partial charge in [-0.15, -0.1) is 10.2 Å². The van der Waals surface area contributed by atoms with Crippen molar-refractivity contribution in [2.24, 2.45) is 0 Å². The lowest BCUT2D eigenvalue weighted by Gasteiger charge is -2.28. The Morgan fingerprint density at radius 1 is 0.800 bits per heavy atom. The van der Waals surface area contributed by atoms with Gasteiger partial charge in [0.2, 0.25) is 5.91 Å². The number of hydrogen-bond acceptors (Lipinski definition) is 6. The fourth-order valence-corrected chi connectivity index (χ4v) is 3.16. The summed E-state index contributed by atoms with van der Waals surface area (Å²) in [5.41, 5.74) is 0. The van der Waals surface area contributed by atoms with Gasteiger partial charge in [-0.1, -0.05) is 71.1 Å². The predicted octanol–water partition coefficient (Wildman–Crippen LogP) is -0.493. The van der Waals surface area contributed by atoms with Gasteiger partial charge in [0.05, 0.1) is 27.2 Å². The lowest BCUT2D eigenvalue weighted by Crippen LogP contribution is -2.68. The van der Waals surface area contributed by atoms with Crippen molar-refractivity contribution >= 4 is 5.91 Å². The molecule has 2 N–H and O–H groups in total. The van der Waals surface area contributed by atoms with Gasteiger partial charge in [-0.05, 0) is 6.42 Å². The van der Waals surface area contributed by atoms with Crippen LogP contribution in [-0.2, 0) is 4.79 Å². The third kappa shape index (κ3) is 32.2. The van der Waals surface area contributed by atoms with E-state index in [2.05, 4.69) is 26.3 Å². The van der Waals surface area contributed by atoms with Crippen LogP contribution in [0.3, 0.4) is 0 Å². The largest absolute Gasteiger partial charge is 0.391 e. The Labute approximate surface area is 185 Å². The number of quaternary nitrogens is 1. The van der Waals surface area contributed by atoms with Crippen molar-refractivity contribution in [1.82, 2.24) is 5.32 Å². The summed E-state index contributed by atoms with van der Waals surface area (Å²) in [6.45, 7) is 4.99.